The highest BCUT2D eigenvalue weighted by molar-refractivity contribution is 7.86. The Kier molecular flexibility index (Phi) is 4.87. The normalized spacial score (nSPS) is 30.4. The maximum atomic E-state index is 12.6. The van der Waals surface area contributed by atoms with E-state index in [-0.39, 0.29) is 18.1 Å². The molecule has 2 rings (SSSR count). The van der Waals surface area contributed by atoms with Crippen molar-refractivity contribution < 1.29 is 13.5 Å². The topological polar surface area (TPSA) is 60.9 Å². The molecule has 0 spiro atoms. The lowest BCUT2D eigenvalue weighted by atomic mass is 9.93. The molecule has 2 heterocycles. The molecule has 2 saturated heterocycles. The fourth-order valence-electron chi connectivity index (χ4n) is 3.15. The summed E-state index contributed by atoms with van der Waals surface area (Å²) in [5.41, 5.74) is 0. The van der Waals surface area contributed by atoms with E-state index in [2.05, 4.69) is 0 Å². The van der Waals surface area contributed by atoms with Crippen LogP contribution in [0.1, 0.15) is 46.0 Å². The van der Waals surface area contributed by atoms with E-state index in [0.717, 1.165) is 32.1 Å². The molecule has 0 aliphatic carbocycles. The minimum atomic E-state index is -3.30. The predicted octanol–water partition coefficient (Wildman–Crippen LogP) is 1.20. The van der Waals surface area contributed by atoms with E-state index in [9.17, 15) is 13.5 Å². The lowest BCUT2D eigenvalue weighted by molar-refractivity contribution is 0.0888. The monoisotopic (exact) mass is 290 g/mol. The Morgan fingerprint density at radius 2 is 1.74 bits per heavy atom. The lowest BCUT2D eigenvalue weighted by Gasteiger charge is -2.39. The molecule has 1 N–H and O–H groups in total. The van der Waals surface area contributed by atoms with Crippen molar-refractivity contribution in [1.29, 1.82) is 0 Å². The summed E-state index contributed by atoms with van der Waals surface area (Å²) in [7, 11) is -3.30. The SMILES string of the molecule is CC(O)C1CCN(S(=O)(=O)N2CCCCC2C)CC1. The average molecular weight is 290 g/mol. The van der Waals surface area contributed by atoms with E-state index in [0.29, 0.717) is 19.6 Å². The Morgan fingerprint density at radius 3 is 2.26 bits per heavy atom. The summed E-state index contributed by atoms with van der Waals surface area (Å²) in [5.74, 6) is 0.241. The van der Waals surface area contributed by atoms with Crippen LogP contribution in [-0.2, 0) is 10.2 Å². The summed E-state index contributed by atoms with van der Waals surface area (Å²) >= 11 is 0. The first kappa shape index (κ1) is 15.2. The molecule has 0 aromatic rings. The van der Waals surface area contributed by atoms with Crippen molar-refractivity contribution in [2.75, 3.05) is 19.6 Å². The van der Waals surface area contributed by atoms with E-state index < -0.39 is 10.2 Å². The van der Waals surface area contributed by atoms with Crippen molar-refractivity contribution in [2.45, 2.75) is 58.1 Å². The van der Waals surface area contributed by atoms with Gasteiger partial charge in [0, 0.05) is 25.7 Å². The molecule has 0 saturated carbocycles. The van der Waals surface area contributed by atoms with Gasteiger partial charge in [-0.25, -0.2) is 0 Å². The molecule has 5 nitrogen and oxygen atoms in total. The maximum absolute atomic E-state index is 12.6. The second kappa shape index (κ2) is 6.08. The Hall–Kier alpha value is -0.170. The summed E-state index contributed by atoms with van der Waals surface area (Å²) in [5, 5.41) is 9.58. The van der Waals surface area contributed by atoms with Gasteiger partial charge in [-0.1, -0.05) is 6.42 Å². The molecular formula is C13H26N2O3S. The number of aliphatic hydroxyl groups excluding tert-OH is 1. The number of hydrogen-bond donors (Lipinski definition) is 1. The number of piperidine rings is 2. The molecule has 19 heavy (non-hydrogen) atoms. The third kappa shape index (κ3) is 3.29. The number of hydrogen-bond acceptors (Lipinski definition) is 3. The largest absolute Gasteiger partial charge is 0.393 e. The molecule has 0 bridgehead atoms. The van der Waals surface area contributed by atoms with Gasteiger partial charge in [0.15, 0.2) is 0 Å². The first-order valence-electron chi connectivity index (χ1n) is 7.38. The smallest absolute Gasteiger partial charge is 0.282 e. The maximum Gasteiger partial charge on any atom is 0.282 e. The van der Waals surface area contributed by atoms with Gasteiger partial charge in [-0.15, -0.1) is 0 Å². The Bertz CT molecular complexity index is 389. The van der Waals surface area contributed by atoms with Gasteiger partial charge in [-0.2, -0.15) is 17.0 Å². The zero-order valence-electron chi connectivity index (χ0n) is 12.0. The fourth-order valence-corrected chi connectivity index (χ4v) is 5.04. The van der Waals surface area contributed by atoms with Crippen LogP contribution in [0, 0.1) is 5.92 Å². The predicted molar refractivity (Wildman–Crippen MR) is 74.9 cm³/mol. The first-order chi connectivity index (χ1) is 8.93. The number of nitrogens with zero attached hydrogens (tertiary/aromatic N) is 2. The van der Waals surface area contributed by atoms with Crippen LogP contribution in [0.3, 0.4) is 0 Å². The van der Waals surface area contributed by atoms with E-state index in [4.69, 9.17) is 0 Å². The van der Waals surface area contributed by atoms with Crippen LogP contribution >= 0.6 is 0 Å². The molecule has 2 aliphatic heterocycles. The summed E-state index contributed by atoms with van der Waals surface area (Å²) in [6.45, 7) is 5.53. The Morgan fingerprint density at radius 1 is 1.11 bits per heavy atom. The molecule has 0 amide bonds. The third-order valence-electron chi connectivity index (χ3n) is 4.55. The molecular weight excluding hydrogens is 264 g/mol. The molecule has 0 aromatic heterocycles. The Balaban J connectivity index is 2.01. The lowest BCUT2D eigenvalue weighted by Crippen LogP contribution is -2.52. The molecule has 112 valence electrons. The van der Waals surface area contributed by atoms with Gasteiger partial charge in [-0.3, -0.25) is 0 Å². The van der Waals surface area contributed by atoms with Gasteiger partial charge < -0.3 is 5.11 Å². The van der Waals surface area contributed by atoms with Crippen LogP contribution in [0.2, 0.25) is 0 Å². The number of aliphatic hydroxyl groups is 1. The van der Waals surface area contributed by atoms with Crippen LogP contribution in [0.15, 0.2) is 0 Å². The van der Waals surface area contributed by atoms with Crippen LogP contribution in [0.25, 0.3) is 0 Å². The van der Waals surface area contributed by atoms with Gasteiger partial charge >= 0.3 is 0 Å². The third-order valence-corrected chi connectivity index (χ3v) is 6.70. The van der Waals surface area contributed by atoms with Gasteiger partial charge in [0.2, 0.25) is 0 Å². The summed E-state index contributed by atoms with van der Waals surface area (Å²) < 4.78 is 28.5. The van der Waals surface area contributed by atoms with Gasteiger partial charge in [0.05, 0.1) is 6.10 Å². The number of rotatable bonds is 3. The highest BCUT2D eigenvalue weighted by Crippen LogP contribution is 2.27. The first-order valence-corrected chi connectivity index (χ1v) is 8.77. The minimum Gasteiger partial charge on any atom is -0.393 e. The molecule has 0 radical (unpaired) electrons. The van der Waals surface area contributed by atoms with Crippen molar-refractivity contribution >= 4 is 10.2 Å². The van der Waals surface area contributed by atoms with Crippen molar-refractivity contribution in [3.63, 3.8) is 0 Å². The second-order valence-corrected chi connectivity index (χ2v) is 7.82. The van der Waals surface area contributed by atoms with Gasteiger partial charge in [-0.05, 0) is 45.4 Å². The fraction of sp³-hybridized carbons (Fsp3) is 1.00. The van der Waals surface area contributed by atoms with Crippen molar-refractivity contribution in [1.82, 2.24) is 8.61 Å². The van der Waals surface area contributed by atoms with Crippen molar-refractivity contribution in [3.05, 3.63) is 0 Å². The van der Waals surface area contributed by atoms with E-state index in [1.807, 2.05) is 6.92 Å². The zero-order chi connectivity index (χ0) is 14.0. The van der Waals surface area contributed by atoms with Crippen LogP contribution in [-0.4, -0.2) is 53.9 Å². The summed E-state index contributed by atoms with van der Waals surface area (Å²) in [4.78, 5) is 0. The van der Waals surface area contributed by atoms with Gasteiger partial charge in [0.25, 0.3) is 10.2 Å². The van der Waals surface area contributed by atoms with Crippen molar-refractivity contribution in [3.8, 4) is 0 Å². The van der Waals surface area contributed by atoms with Crippen LogP contribution < -0.4 is 0 Å². The average Bonchev–Trinajstić information content (AvgIpc) is 2.39. The zero-order valence-corrected chi connectivity index (χ0v) is 12.8. The highest BCUT2D eigenvalue weighted by atomic mass is 32.2. The molecule has 2 atom stereocenters. The molecule has 6 heteroatoms. The van der Waals surface area contributed by atoms with Gasteiger partial charge in [0.1, 0.15) is 0 Å². The summed E-state index contributed by atoms with van der Waals surface area (Å²) in [6.07, 6.45) is 4.24. The highest BCUT2D eigenvalue weighted by Gasteiger charge is 2.36. The van der Waals surface area contributed by atoms with E-state index in [1.54, 1.807) is 15.5 Å². The Labute approximate surface area is 116 Å². The van der Waals surface area contributed by atoms with Crippen LogP contribution in [0.5, 0.6) is 0 Å². The minimum absolute atomic E-state index is 0.119. The second-order valence-electron chi connectivity index (χ2n) is 5.94. The van der Waals surface area contributed by atoms with Crippen molar-refractivity contribution in [2.24, 2.45) is 5.92 Å². The molecule has 2 unspecified atom stereocenters. The standard InChI is InChI=1S/C13H26N2O3S/c1-11-5-3-4-8-15(11)19(17,18)14-9-6-13(7-10-14)12(2)16/h11-13,16H,3-10H2,1-2H3. The summed E-state index contributed by atoms with van der Waals surface area (Å²) in [6, 6.07) is 0.119. The molecule has 0 aromatic carbocycles. The van der Waals surface area contributed by atoms with E-state index >= 15 is 0 Å². The molecule has 2 fully saturated rings. The van der Waals surface area contributed by atoms with E-state index in [1.165, 1.54) is 0 Å². The quantitative estimate of drug-likeness (QED) is 0.849. The van der Waals surface area contributed by atoms with Crippen LogP contribution in [0.4, 0.5) is 0 Å². The molecule has 2 aliphatic rings.